The Labute approximate surface area is 161 Å². The van der Waals surface area contributed by atoms with Crippen LogP contribution in [0.1, 0.15) is 21.5 Å². The van der Waals surface area contributed by atoms with Gasteiger partial charge in [0.15, 0.2) is 24.6 Å². The summed E-state index contributed by atoms with van der Waals surface area (Å²) < 4.78 is 5.76. The van der Waals surface area contributed by atoms with Gasteiger partial charge in [0.25, 0.3) is 0 Å². The lowest BCUT2D eigenvalue weighted by atomic mass is 10.0. The van der Waals surface area contributed by atoms with E-state index in [1.54, 1.807) is 30.3 Å². The van der Waals surface area contributed by atoms with Crippen LogP contribution in [0, 0.1) is 22.7 Å². The number of allylic oxidation sites excluding steroid dienone is 1. The second kappa shape index (κ2) is 7.92. The Bertz CT molecular complexity index is 1000. The molecule has 1 aliphatic heterocycles. The smallest absolute Gasteiger partial charge is 0.231 e. The highest BCUT2D eigenvalue weighted by Crippen LogP contribution is 2.39. The molecule has 6 nitrogen and oxygen atoms in total. The van der Waals surface area contributed by atoms with Gasteiger partial charge >= 0.3 is 0 Å². The first-order valence-corrected chi connectivity index (χ1v) is 8.53. The van der Waals surface area contributed by atoms with E-state index in [9.17, 15) is 9.90 Å². The highest BCUT2D eigenvalue weighted by atomic mass is 35.5. The van der Waals surface area contributed by atoms with E-state index in [1.807, 2.05) is 12.1 Å². The molecule has 1 heterocycles. The minimum Gasteiger partial charge on any atom is -0.507 e. The molecule has 1 aliphatic rings. The lowest BCUT2D eigenvalue weighted by Crippen LogP contribution is -3.10. The van der Waals surface area contributed by atoms with Crippen molar-refractivity contribution in [3.05, 3.63) is 63.9 Å². The van der Waals surface area contributed by atoms with Crippen LogP contribution in [0.15, 0.2) is 42.2 Å². The number of nitrogens with zero attached hydrogens (tertiary/aromatic N) is 2. The molecule has 134 valence electrons. The summed E-state index contributed by atoms with van der Waals surface area (Å²) in [7, 11) is 0. The summed E-state index contributed by atoms with van der Waals surface area (Å²) in [5.41, 5.74) is 1.45. The van der Waals surface area contributed by atoms with E-state index < -0.39 is 0 Å². The molecule has 7 heteroatoms. The summed E-state index contributed by atoms with van der Waals surface area (Å²) in [6, 6.07) is 14.0. The maximum atomic E-state index is 12.7. The Kier molecular flexibility index (Phi) is 5.42. The fourth-order valence-corrected chi connectivity index (χ4v) is 3.08. The summed E-state index contributed by atoms with van der Waals surface area (Å²) in [6.07, 6.45) is 1.59. The lowest BCUT2D eigenvalue weighted by Gasteiger charge is -2.15. The first-order chi connectivity index (χ1) is 13.0. The third-order valence-electron chi connectivity index (χ3n) is 4.15. The molecule has 0 radical (unpaired) electrons. The Morgan fingerprint density at radius 3 is 2.59 bits per heavy atom. The molecule has 0 aliphatic carbocycles. The predicted molar refractivity (Wildman–Crippen MR) is 98.1 cm³/mol. The van der Waals surface area contributed by atoms with Gasteiger partial charge < -0.3 is 14.7 Å². The number of carbonyl (C=O) groups excluding carboxylic acids is 1. The quantitative estimate of drug-likeness (QED) is 0.611. The molecule has 0 spiro atoms. The van der Waals surface area contributed by atoms with Crippen LogP contribution in [0.4, 0.5) is 0 Å². The number of hydrogen-bond donors (Lipinski definition) is 2. The van der Waals surface area contributed by atoms with Gasteiger partial charge in [-0.1, -0.05) is 23.7 Å². The molecule has 27 heavy (non-hydrogen) atoms. The fourth-order valence-electron chi connectivity index (χ4n) is 2.88. The normalized spacial score (nSPS) is 13.9. The molecule has 2 aromatic carbocycles. The van der Waals surface area contributed by atoms with Gasteiger partial charge in [-0.15, -0.1) is 0 Å². The third-order valence-corrected chi connectivity index (χ3v) is 4.38. The Balaban J connectivity index is 1.96. The van der Waals surface area contributed by atoms with Crippen molar-refractivity contribution in [2.24, 2.45) is 0 Å². The molecule has 3 rings (SSSR count). The number of phenols is 1. The maximum Gasteiger partial charge on any atom is 0.231 e. The number of nitrogens with one attached hydrogen (secondary N) is 1. The number of ether oxygens (including phenoxy) is 1. The molecular weight excluding hydrogens is 366 g/mol. The van der Waals surface area contributed by atoms with Crippen LogP contribution in [0.5, 0.6) is 11.5 Å². The number of fused-ring (bicyclic) bond motifs is 1. The van der Waals surface area contributed by atoms with E-state index in [0.29, 0.717) is 26.6 Å². The molecule has 2 aromatic rings. The van der Waals surface area contributed by atoms with Gasteiger partial charge in [0.1, 0.15) is 24.4 Å². The fraction of sp³-hybridized carbons (Fsp3) is 0.150. The van der Waals surface area contributed by atoms with Crippen molar-refractivity contribution in [1.82, 2.24) is 0 Å². The van der Waals surface area contributed by atoms with Crippen LogP contribution in [0.25, 0.3) is 6.08 Å². The summed E-state index contributed by atoms with van der Waals surface area (Å²) in [6.45, 7) is 0.375. The van der Waals surface area contributed by atoms with Crippen molar-refractivity contribution in [2.45, 2.75) is 6.54 Å². The zero-order chi connectivity index (χ0) is 19.4. The number of Topliss-reactive ketones (excluding diaryl/α,β-unsaturated/α-hetero) is 1. The van der Waals surface area contributed by atoms with Gasteiger partial charge in [0, 0.05) is 5.02 Å². The Morgan fingerprint density at radius 2 is 1.93 bits per heavy atom. The van der Waals surface area contributed by atoms with Gasteiger partial charge in [-0.25, -0.2) is 0 Å². The van der Waals surface area contributed by atoms with Crippen molar-refractivity contribution in [1.29, 1.82) is 10.5 Å². The minimum atomic E-state index is -0.298. The molecule has 0 aromatic heterocycles. The molecule has 0 atom stereocenters. The number of ketones is 1. The maximum absolute atomic E-state index is 12.7. The summed E-state index contributed by atoms with van der Waals surface area (Å²) >= 11 is 5.98. The standard InChI is InChI=1S/C20H14ClN3O3/c21-14-3-1-2-13(10-14)11-18-19(26)15-4-5-17(25)16(20(15)27-18)12-24(8-6-22)9-7-23/h1-5,10-11,25H,8-9,12H2/p+1/b18-11-. The molecule has 2 N–H and O–H groups in total. The molecule has 0 saturated carbocycles. The second-order valence-electron chi connectivity index (χ2n) is 6.03. The van der Waals surface area contributed by atoms with Crippen LogP contribution in [0.3, 0.4) is 0 Å². The van der Waals surface area contributed by atoms with Gasteiger partial charge in [-0.2, -0.15) is 10.5 Å². The SMILES string of the molecule is N#CC[NH+](CC#N)Cc1c(O)ccc2c1O/C(=C\c1cccc(Cl)c1)C2=O. The van der Waals surface area contributed by atoms with E-state index in [-0.39, 0.29) is 42.7 Å². The second-order valence-corrected chi connectivity index (χ2v) is 6.47. The van der Waals surface area contributed by atoms with E-state index in [1.165, 1.54) is 12.1 Å². The number of benzene rings is 2. The molecule has 0 saturated heterocycles. The highest BCUT2D eigenvalue weighted by Gasteiger charge is 2.32. The van der Waals surface area contributed by atoms with E-state index in [0.717, 1.165) is 0 Å². The Morgan fingerprint density at radius 1 is 1.19 bits per heavy atom. The lowest BCUT2D eigenvalue weighted by molar-refractivity contribution is -0.899. The average molecular weight is 381 g/mol. The zero-order valence-corrected chi connectivity index (χ0v) is 15.0. The summed E-state index contributed by atoms with van der Waals surface area (Å²) in [5.74, 6) is 0.0511. The number of carbonyl (C=O) groups is 1. The molecular formula is C20H15ClN3O3+. The van der Waals surface area contributed by atoms with Gasteiger partial charge in [-0.3, -0.25) is 4.79 Å². The summed E-state index contributed by atoms with van der Waals surface area (Å²) in [4.78, 5) is 13.3. The Hall–Kier alpha value is -3.32. The van der Waals surface area contributed by atoms with Crippen molar-refractivity contribution in [3.63, 3.8) is 0 Å². The van der Waals surface area contributed by atoms with Crippen LogP contribution < -0.4 is 9.64 Å². The van der Waals surface area contributed by atoms with Crippen LogP contribution in [-0.4, -0.2) is 24.0 Å². The number of aromatic hydroxyl groups is 1. The van der Waals surface area contributed by atoms with Gasteiger partial charge in [-0.05, 0) is 35.9 Å². The number of halogens is 1. The highest BCUT2D eigenvalue weighted by molar-refractivity contribution is 6.30. The molecule has 0 fully saturated rings. The zero-order valence-electron chi connectivity index (χ0n) is 14.2. The van der Waals surface area contributed by atoms with Crippen LogP contribution in [-0.2, 0) is 6.54 Å². The van der Waals surface area contributed by atoms with E-state index in [4.69, 9.17) is 26.9 Å². The molecule has 0 bridgehead atoms. The molecule has 0 amide bonds. The average Bonchev–Trinajstić information content (AvgIpc) is 2.94. The minimum absolute atomic E-state index is 0.0427. The predicted octanol–water partition coefficient (Wildman–Crippen LogP) is 2.09. The third kappa shape index (κ3) is 3.93. The number of rotatable bonds is 5. The largest absolute Gasteiger partial charge is 0.507 e. The van der Waals surface area contributed by atoms with Crippen LogP contribution >= 0.6 is 11.6 Å². The number of phenolic OH excluding ortho intramolecular Hbond substituents is 1. The number of quaternary nitrogens is 1. The van der Waals surface area contributed by atoms with E-state index in [2.05, 4.69) is 0 Å². The topological polar surface area (TPSA) is 98.6 Å². The monoisotopic (exact) mass is 380 g/mol. The number of nitriles is 2. The number of hydrogen-bond acceptors (Lipinski definition) is 5. The van der Waals surface area contributed by atoms with Crippen molar-refractivity contribution >= 4 is 23.5 Å². The van der Waals surface area contributed by atoms with Crippen molar-refractivity contribution in [3.8, 4) is 23.6 Å². The van der Waals surface area contributed by atoms with Crippen LogP contribution in [0.2, 0.25) is 5.02 Å². The molecule has 0 unspecified atom stereocenters. The first kappa shape index (κ1) is 18.5. The summed E-state index contributed by atoms with van der Waals surface area (Å²) in [5, 5.41) is 28.6. The van der Waals surface area contributed by atoms with Gasteiger partial charge in [0.05, 0.1) is 11.1 Å². The van der Waals surface area contributed by atoms with E-state index >= 15 is 0 Å². The van der Waals surface area contributed by atoms with Gasteiger partial charge in [0.2, 0.25) is 5.78 Å². The first-order valence-electron chi connectivity index (χ1n) is 8.15. The van der Waals surface area contributed by atoms with Crippen molar-refractivity contribution in [2.75, 3.05) is 13.1 Å². The van der Waals surface area contributed by atoms with Crippen molar-refractivity contribution < 1.29 is 19.5 Å².